The van der Waals surface area contributed by atoms with Crippen LogP contribution in [0.4, 0.5) is 11.4 Å². The molecule has 1 aromatic rings. The maximum atomic E-state index is 11.7. The second-order valence-electron chi connectivity index (χ2n) is 4.25. The molecule has 0 atom stereocenters. The number of methoxy groups -OCH3 is 1. The van der Waals surface area contributed by atoms with Gasteiger partial charge in [-0.25, -0.2) is 0 Å². The van der Waals surface area contributed by atoms with Crippen molar-refractivity contribution in [1.82, 2.24) is 0 Å². The first kappa shape index (κ1) is 15.0. The Balaban J connectivity index is 2.83. The van der Waals surface area contributed by atoms with Crippen LogP contribution in [-0.2, 0) is 9.59 Å². The number of hydrogen-bond donors (Lipinski definition) is 2. The summed E-state index contributed by atoms with van der Waals surface area (Å²) >= 11 is 0. The van der Waals surface area contributed by atoms with Gasteiger partial charge in [0, 0.05) is 19.0 Å². The SMILES string of the molecule is CCCCC(=O)Nc1cc(NC(C)=O)ccc1OC. The third kappa shape index (κ3) is 4.99. The summed E-state index contributed by atoms with van der Waals surface area (Å²) in [5.74, 6) is 0.354. The molecule has 5 nitrogen and oxygen atoms in total. The highest BCUT2D eigenvalue weighted by atomic mass is 16.5. The quantitative estimate of drug-likeness (QED) is 0.830. The summed E-state index contributed by atoms with van der Waals surface area (Å²) < 4.78 is 5.18. The molecule has 5 heteroatoms. The Kier molecular flexibility index (Phi) is 5.85. The van der Waals surface area contributed by atoms with E-state index in [9.17, 15) is 9.59 Å². The summed E-state index contributed by atoms with van der Waals surface area (Å²) in [6.45, 7) is 3.47. The van der Waals surface area contributed by atoms with Gasteiger partial charge in [0.05, 0.1) is 12.8 Å². The first-order valence-electron chi connectivity index (χ1n) is 6.32. The van der Waals surface area contributed by atoms with Crippen LogP contribution in [0, 0.1) is 0 Å². The van der Waals surface area contributed by atoms with Gasteiger partial charge in [0.15, 0.2) is 0 Å². The molecule has 19 heavy (non-hydrogen) atoms. The smallest absolute Gasteiger partial charge is 0.224 e. The van der Waals surface area contributed by atoms with Crippen molar-refractivity contribution in [2.45, 2.75) is 33.1 Å². The van der Waals surface area contributed by atoms with Gasteiger partial charge < -0.3 is 15.4 Å². The third-order valence-corrected chi connectivity index (χ3v) is 2.55. The molecule has 0 aliphatic heterocycles. The summed E-state index contributed by atoms with van der Waals surface area (Å²) in [7, 11) is 1.54. The van der Waals surface area contributed by atoms with Crippen LogP contribution in [0.15, 0.2) is 18.2 Å². The van der Waals surface area contributed by atoms with E-state index >= 15 is 0 Å². The van der Waals surface area contributed by atoms with Crippen molar-refractivity contribution in [3.05, 3.63) is 18.2 Å². The van der Waals surface area contributed by atoms with E-state index in [1.807, 2.05) is 6.92 Å². The minimum Gasteiger partial charge on any atom is -0.495 e. The predicted octanol–water partition coefficient (Wildman–Crippen LogP) is 2.78. The molecule has 0 heterocycles. The molecule has 1 aromatic carbocycles. The van der Waals surface area contributed by atoms with Crippen molar-refractivity contribution >= 4 is 23.2 Å². The van der Waals surface area contributed by atoms with Crippen molar-refractivity contribution in [2.24, 2.45) is 0 Å². The van der Waals surface area contributed by atoms with Gasteiger partial charge in [-0.1, -0.05) is 13.3 Å². The lowest BCUT2D eigenvalue weighted by Crippen LogP contribution is -2.13. The van der Waals surface area contributed by atoms with Crippen molar-refractivity contribution in [2.75, 3.05) is 17.7 Å². The molecule has 0 aliphatic carbocycles. The number of amides is 2. The highest BCUT2D eigenvalue weighted by Gasteiger charge is 2.08. The second-order valence-corrected chi connectivity index (χ2v) is 4.25. The Morgan fingerprint density at radius 2 is 2.00 bits per heavy atom. The largest absolute Gasteiger partial charge is 0.495 e. The maximum absolute atomic E-state index is 11.7. The summed E-state index contributed by atoms with van der Waals surface area (Å²) in [4.78, 5) is 22.7. The fraction of sp³-hybridized carbons (Fsp3) is 0.429. The maximum Gasteiger partial charge on any atom is 0.224 e. The van der Waals surface area contributed by atoms with E-state index in [2.05, 4.69) is 10.6 Å². The molecule has 0 aromatic heterocycles. The van der Waals surface area contributed by atoms with Crippen LogP contribution in [0.3, 0.4) is 0 Å². The monoisotopic (exact) mass is 264 g/mol. The van der Waals surface area contributed by atoms with Crippen LogP contribution >= 0.6 is 0 Å². The Bertz CT molecular complexity index is 458. The van der Waals surface area contributed by atoms with E-state index in [1.165, 1.54) is 14.0 Å². The zero-order valence-corrected chi connectivity index (χ0v) is 11.6. The standard InChI is InChI=1S/C14H20N2O3/c1-4-5-6-14(18)16-12-9-11(15-10(2)17)7-8-13(12)19-3/h7-9H,4-6H2,1-3H3,(H,15,17)(H,16,18). The minimum atomic E-state index is -0.159. The number of rotatable bonds is 6. The molecule has 104 valence electrons. The number of unbranched alkanes of at least 4 members (excludes halogenated alkanes) is 1. The normalized spacial score (nSPS) is 9.84. The Morgan fingerprint density at radius 3 is 2.58 bits per heavy atom. The van der Waals surface area contributed by atoms with E-state index < -0.39 is 0 Å². The fourth-order valence-electron chi connectivity index (χ4n) is 1.64. The van der Waals surface area contributed by atoms with Gasteiger partial charge in [0.1, 0.15) is 5.75 Å². The van der Waals surface area contributed by atoms with Crippen LogP contribution in [0.5, 0.6) is 5.75 Å². The lowest BCUT2D eigenvalue weighted by atomic mass is 10.2. The molecule has 0 saturated carbocycles. The number of hydrogen-bond acceptors (Lipinski definition) is 3. The average molecular weight is 264 g/mol. The van der Waals surface area contributed by atoms with Crippen molar-refractivity contribution < 1.29 is 14.3 Å². The molecule has 0 bridgehead atoms. The van der Waals surface area contributed by atoms with Crippen LogP contribution in [-0.4, -0.2) is 18.9 Å². The summed E-state index contributed by atoms with van der Waals surface area (Å²) in [5, 5.41) is 5.46. The number of ether oxygens (including phenoxy) is 1. The zero-order valence-electron chi connectivity index (χ0n) is 11.6. The van der Waals surface area contributed by atoms with Crippen LogP contribution in [0.2, 0.25) is 0 Å². The van der Waals surface area contributed by atoms with Crippen molar-refractivity contribution in [3.8, 4) is 5.75 Å². The van der Waals surface area contributed by atoms with E-state index in [0.29, 0.717) is 23.5 Å². The van der Waals surface area contributed by atoms with Gasteiger partial charge in [-0.15, -0.1) is 0 Å². The second kappa shape index (κ2) is 7.41. The van der Waals surface area contributed by atoms with E-state index in [0.717, 1.165) is 12.8 Å². The van der Waals surface area contributed by atoms with E-state index in [1.54, 1.807) is 18.2 Å². The number of anilines is 2. The Labute approximate surface area is 113 Å². The number of carbonyl (C=O) groups excluding carboxylic acids is 2. The molecule has 0 aliphatic rings. The Hall–Kier alpha value is -2.04. The van der Waals surface area contributed by atoms with E-state index in [4.69, 9.17) is 4.74 Å². The minimum absolute atomic E-state index is 0.0554. The molecule has 2 N–H and O–H groups in total. The topological polar surface area (TPSA) is 67.4 Å². The highest BCUT2D eigenvalue weighted by Crippen LogP contribution is 2.28. The average Bonchev–Trinajstić information content (AvgIpc) is 2.36. The van der Waals surface area contributed by atoms with Crippen LogP contribution in [0.1, 0.15) is 33.1 Å². The molecule has 0 fully saturated rings. The van der Waals surface area contributed by atoms with Gasteiger partial charge in [0.25, 0.3) is 0 Å². The summed E-state index contributed by atoms with van der Waals surface area (Å²) in [6, 6.07) is 5.12. The first-order valence-corrected chi connectivity index (χ1v) is 6.32. The van der Waals surface area contributed by atoms with Gasteiger partial charge in [0.2, 0.25) is 11.8 Å². The van der Waals surface area contributed by atoms with Gasteiger partial charge in [-0.2, -0.15) is 0 Å². The Morgan fingerprint density at radius 1 is 1.26 bits per heavy atom. The molecular weight excluding hydrogens is 244 g/mol. The van der Waals surface area contributed by atoms with Crippen LogP contribution in [0.25, 0.3) is 0 Å². The fourth-order valence-corrected chi connectivity index (χ4v) is 1.64. The molecule has 0 radical (unpaired) electrons. The van der Waals surface area contributed by atoms with Gasteiger partial charge >= 0.3 is 0 Å². The van der Waals surface area contributed by atoms with E-state index in [-0.39, 0.29) is 11.8 Å². The first-order chi connectivity index (χ1) is 9.06. The summed E-state index contributed by atoms with van der Waals surface area (Å²) in [5.41, 5.74) is 1.19. The molecule has 1 rings (SSSR count). The molecule has 2 amide bonds. The lowest BCUT2D eigenvalue weighted by molar-refractivity contribution is -0.116. The predicted molar refractivity (Wildman–Crippen MR) is 75.5 cm³/mol. The van der Waals surface area contributed by atoms with Crippen molar-refractivity contribution in [3.63, 3.8) is 0 Å². The molecule has 0 unspecified atom stereocenters. The number of nitrogens with one attached hydrogen (secondary N) is 2. The van der Waals surface area contributed by atoms with Crippen molar-refractivity contribution in [1.29, 1.82) is 0 Å². The van der Waals surface area contributed by atoms with Crippen LogP contribution < -0.4 is 15.4 Å². The van der Waals surface area contributed by atoms with Gasteiger partial charge in [-0.05, 0) is 24.6 Å². The number of benzene rings is 1. The molecule has 0 spiro atoms. The highest BCUT2D eigenvalue weighted by molar-refractivity contribution is 5.94. The molecular formula is C14H20N2O3. The molecule has 0 saturated heterocycles. The summed E-state index contributed by atoms with van der Waals surface area (Å²) in [6.07, 6.45) is 2.29. The number of carbonyl (C=O) groups is 2. The van der Waals surface area contributed by atoms with Gasteiger partial charge in [-0.3, -0.25) is 9.59 Å². The zero-order chi connectivity index (χ0) is 14.3. The third-order valence-electron chi connectivity index (χ3n) is 2.55. The lowest BCUT2D eigenvalue weighted by Gasteiger charge is -2.12.